The molecule has 4 aliphatic rings. The van der Waals surface area contributed by atoms with Crippen LogP contribution in [0, 0.1) is 11.3 Å². The fraction of sp³-hybridized carbons (Fsp3) is 0.840. The summed E-state index contributed by atoms with van der Waals surface area (Å²) in [5.74, 6) is -1.46. The van der Waals surface area contributed by atoms with Crippen LogP contribution in [-0.2, 0) is 33.3 Å². The number of methoxy groups -OCH3 is 1. The predicted octanol–water partition coefficient (Wildman–Crippen LogP) is 1.23. The van der Waals surface area contributed by atoms with E-state index in [4.69, 9.17) is 23.7 Å². The van der Waals surface area contributed by atoms with Gasteiger partial charge in [0, 0.05) is 38.6 Å². The predicted molar refractivity (Wildman–Crippen MR) is 128 cm³/mol. The summed E-state index contributed by atoms with van der Waals surface area (Å²) in [6.45, 7) is 9.08. The zero-order valence-electron chi connectivity index (χ0n) is 22.3. The van der Waals surface area contributed by atoms with Gasteiger partial charge in [0.25, 0.3) is 0 Å². The molecule has 0 radical (unpaired) electrons. The second kappa shape index (κ2) is 10.7. The van der Waals surface area contributed by atoms with Crippen molar-refractivity contribution in [1.82, 2.24) is 14.7 Å². The third-order valence-corrected chi connectivity index (χ3v) is 7.82. The van der Waals surface area contributed by atoms with Crippen LogP contribution in [0.25, 0.3) is 0 Å². The van der Waals surface area contributed by atoms with E-state index in [0.717, 1.165) is 6.42 Å². The number of amides is 2. The number of ether oxygens (including phenoxy) is 5. The molecule has 2 amide bonds. The Labute approximate surface area is 217 Å². The molecule has 0 aromatic rings. The van der Waals surface area contributed by atoms with E-state index in [-0.39, 0.29) is 12.5 Å². The monoisotopic (exact) mass is 522 g/mol. The third-order valence-electron chi connectivity index (χ3n) is 7.82. The largest absolute Gasteiger partial charge is 0.457 e. The number of carbonyl (C=O) groups excluding carboxylic acids is 3. The molecule has 0 bridgehead atoms. The number of nitrogens with zero attached hydrogens (tertiary/aromatic N) is 4. The lowest BCUT2D eigenvalue weighted by atomic mass is 9.87. The Morgan fingerprint density at radius 2 is 1.84 bits per heavy atom. The fourth-order valence-electron chi connectivity index (χ4n) is 5.78. The van der Waals surface area contributed by atoms with Crippen molar-refractivity contribution in [2.45, 2.75) is 95.3 Å². The SMILES string of the molecule is COC(=O)N(CC(=O)N1CCC[C@H]1C#N)C1(C)CCN(C[C@H]2O[C@@H]3OC(C)(C)O[C@@H]3[C@H]2OC(C)=O)CC1. The number of esters is 1. The van der Waals surface area contributed by atoms with E-state index in [2.05, 4.69) is 11.0 Å². The summed E-state index contributed by atoms with van der Waals surface area (Å²) >= 11 is 0. The third kappa shape index (κ3) is 5.85. The van der Waals surface area contributed by atoms with E-state index in [0.29, 0.717) is 45.4 Å². The Bertz CT molecular complexity index is 928. The Morgan fingerprint density at radius 3 is 2.46 bits per heavy atom. The van der Waals surface area contributed by atoms with Crippen LogP contribution in [0.4, 0.5) is 4.79 Å². The van der Waals surface area contributed by atoms with Gasteiger partial charge < -0.3 is 33.5 Å². The first-order chi connectivity index (χ1) is 17.5. The van der Waals surface area contributed by atoms with Crippen molar-refractivity contribution >= 4 is 18.0 Å². The van der Waals surface area contributed by atoms with E-state index in [1.165, 1.54) is 18.9 Å². The van der Waals surface area contributed by atoms with E-state index < -0.39 is 54.0 Å². The van der Waals surface area contributed by atoms with Gasteiger partial charge in [-0.3, -0.25) is 14.5 Å². The molecule has 5 atom stereocenters. The van der Waals surface area contributed by atoms with Crippen molar-refractivity contribution in [3.8, 4) is 6.07 Å². The molecule has 4 saturated heterocycles. The molecule has 4 fully saturated rings. The van der Waals surface area contributed by atoms with Crippen LogP contribution in [0.5, 0.6) is 0 Å². The molecule has 0 spiro atoms. The lowest BCUT2D eigenvalue weighted by Crippen LogP contribution is -2.59. The number of hydrogen-bond donors (Lipinski definition) is 0. The van der Waals surface area contributed by atoms with Gasteiger partial charge in [-0.2, -0.15) is 5.26 Å². The smallest absolute Gasteiger partial charge is 0.410 e. The summed E-state index contributed by atoms with van der Waals surface area (Å²) in [4.78, 5) is 42.8. The van der Waals surface area contributed by atoms with Gasteiger partial charge in [0.15, 0.2) is 24.3 Å². The van der Waals surface area contributed by atoms with Crippen molar-refractivity contribution in [1.29, 1.82) is 5.26 Å². The fourth-order valence-corrected chi connectivity index (χ4v) is 5.78. The Hall–Kier alpha value is -2.46. The number of nitriles is 1. The first-order valence-corrected chi connectivity index (χ1v) is 12.9. The van der Waals surface area contributed by atoms with Gasteiger partial charge >= 0.3 is 12.1 Å². The van der Waals surface area contributed by atoms with Gasteiger partial charge in [0.2, 0.25) is 5.91 Å². The summed E-state index contributed by atoms with van der Waals surface area (Å²) in [5, 5.41) is 9.36. The Kier molecular flexibility index (Phi) is 7.99. The van der Waals surface area contributed by atoms with E-state index in [9.17, 15) is 19.6 Å². The molecule has 4 heterocycles. The maximum atomic E-state index is 13.0. The molecule has 0 unspecified atom stereocenters. The zero-order valence-corrected chi connectivity index (χ0v) is 22.3. The van der Waals surface area contributed by atoms with E-state index in [1.807, 2.05) is 6.92 Å². The number of piperidine rings is 1. The second-order valence-electron chi connectivity index (χ2n) is 10.9. The average Bonchev–Trinajstić information content (AvgIpc) is 3.51. The normalized spacial score (nSPS) is 32.4. The minimum absolute atomic E-state index is 0.130. The lowest BCUT2D eigenvalue weighted by molar-refractivity contribution is -0.220. The van der Waals surface area contributed by atoms with Crippen molar-refractivity contribution in [3.05, 3.63) is 0 Å². The molecule has 0 aromatic heterocycles. The first-order valence-electron chi connectivity index (χ1n) is 12.9. The van der Waals surface area contributed by atoms with E-state index in [1.54, 1.807) is 18.7 Å². The maximum Gasteiger partial charge on any atom is 0.410 e. The van der Waals surface area contributed by atoms with Crippen LogP contribution >= 0.6 is 0 Å². The molecule has 4 rings (SSSR count). The van der Waals surface area contributed by atoms with Crippen molar-refractivity contribution in [2.75, 3.05) is 39.8 Å². The van der Waals surface area contributed by atoms with Crippen molar-refractivity contribution in [3.63, 3.8) is 0 Å². The highest BCUT2D eigenvalue weighted by atomic mass is 16.8. The number of likely N-dealkylation sites (tertiary alicyclic amines) is 2. The maximum absolute atomic E-state index is 13.0. The lowest BCUT2D eigenvalue weighted by Gasteiger charge is -2.46. The molecule has 37 heavy (non-hydrogen) atoms. The quantitative estimate of drug-likeness (QED) is 0.469. The van der Waals surface area contributed by atoms with Crippen LogP contribution < -0.4 is 0 Å². The minimum Gasteiger partial charge on any atom is -0.457 e. The van der Waals surface area contributed by atoms with Gasteiger partial charge in [-0.15, -0.1) is 0 Å². The van der Waals surface area contributed by atoms with Crippen molar-refractivity contribution < 1.29 is 38.1 Å². The molecule has 4 aliphatic heterocycles. The number of carbonyl (C=O) groups is 3. The summed E-state index contributed by atoms with van der Waals surface area (Å²) in [5.41, 5.74) is -0.598. The van der Waals surface area contributed by atoms with Crippen LogP contribution in [-0.4, -0.2) is 114 Å². The summed E-state index contributed by atoms with van der Waals surface area (Å²) < 4.78 is 28.5. The van der Waals surface area contributed by atoms with Gasteiger partial charge in [-0.25, -0.2) is 4.79 Å². The Balaban J connectivity index is 1.38. The molecule has 12 heteroatoms. The van der Waals surface area contributed by atoms with Crippen LogP contribution in [0.1, 0.15) is 53.4 Å². The molecular weight excluding hydrogens is 484 g/mol. The molecule has 206 valence electrons. The highest BCUT2D eigenvalue weighted by molar-refractivity contribution is 5.83. The highest BCUT2D eigenvalue weighted by Gasteiger charge is 2.56. The van der Waals surface area contributed by atoms with E-state index >= 15 is 0 Å². The number of hydrogen-bond acceptors (Lipinski definition) is 10. The van der Waals surface area contributed by atoms with Crippen LogP contribution in [0.2, 0.25) is 0 Å². The molecule has 0 aromatic carbocycles. The zero-order chi connectivity index (χ0) is 27.0. The Morgan fingerprint density at radius 1 is 1.14 bits per heavy atom. The van der Waals surface area contributed by atoms with Gasteiger partial charge in [0.05, 0.1) is 13.2 Å². The first kappa shape index (κ1) is 27.6. The minimum atomic E-state index is -0.817. The van der Waals surface area contributed by atoms with Crippen LogP contribution in [0.15, 0.2) is 0 Å². The summed E-state index contributed by atoms with van der Waals surface area (Å²) in [6.07, 6.45) is -0.0301. The number of fused-ring (bicyclic) bond motifs is 1. The highest BCUT2D eigenvalue weighted by Crippen LogP contribution is 2.39. The molecule has 12 nitrogen and oxygen atoms in total. The van der Waals surface area contributed by atoms with Crippen LogP contribution in [0.3, 0.4) is 0 Å². The molecular formula is C25H38N4O8. The van der Waals surface area contributed by atoms with Gasteiger partial charge in [-0.05, 0) is 46.5 Å². The van der Waals surface area contributed by atoms with Gasteiger partial charge in [-0.1, -0.05) is 0 Å². The molecule has 0 N–H and O–H groups in total. The van der Waals surface area contributed by atoms with Crippen molar-refractivity contribution in [2.24, 2.45) is 0 Å². The molecule has 0 saturated carbocycles. The summed E-state index contributed by atoms with van der Waals surface area (Å²) in [6, 6.07) is 1.73. The standard InChI is InChI=1S/C25H38N4O8/c1-16(30)34-20-18(35-22-21(20)36-24(2,3)37-22)14-27-11-8-25(4,9-12-27)29(23(32)33-5)15-19(31)28-10-6-7-17(28)13-26/h17-18,20-22H,6-12,14-15H2,1-5H3/t17-,18+,20-,21+,22+/m0/s1. The second-order valence-corrected chi connectivity index (χ2v) is 10.9. The molecule has 0 aliphatic carbocycles. The summed E-state index contributed by atoms with van der Waals surface area (Å²) in [7, 11) is 1.31. The topological polar surface area (TPSA) is 131 Å². The van der Waals surface area contributed by atoms with Gasteiger partial charge in [0.1, 0.15) is 18.7 Å². The average molecular weight is 523 g/mol. The number of rotatable bonds is 6.